The summed E-state index contributed by atoms with van der Waals surface area (Å²) in [6.07, 6.45) is 2.73. The number of hydrogen-bond acceptors (Lipinski definition) is 5. The summed E-state index contributed by atoms with van der Waals surface area (Å²) in [4.78, 5) is 8.93. The monoisotopic (exact) mass is 346 g/mol. The van der Waals surface area contributed by atoms with E-state index in [4.69, 9.17) is 0 Å². The normalized spacial score (nSPS) is 10.8. The van der Waals surface area contributed by atoms with Crippen molar-refractivity contribution in [3.05, 3.63) is 34.9 Å². The molecule has 3 aromatic rings. The number of halogens is 1. The van der Waals surface area contributed by atoms with Gasteiger partial charge in [0.05, 0.1) is 11.6 Å². The molecule has 2 heterocycles. The molecule has 108 valence electrons. The summed E-state index contributed by atoms with van der Waals surface area (Å²) in [5, 5.41) is 14.3. The molecule has 21 heavy (non-hydrogen) atoms. The van der Waals surface area contributed by atoms with Gasteiger partial charge in [-0.2, -0.15) is 15.1 Å². The van der Waals surface area contributed by atoms with E-state index < -0.39 is 0 Å². The highest BCUT2D eigenvalue weighted by Crippen LogP contribution is 2.25. The number of anilines is 3. The van der Waals surface area contributed by atoms with Gasteiger partial charge in [0.2, 0.25) is 5.95 Å². The summed E-state index contributed by atoms with van der Waals surface area (Å²) in [7, 11) is 0. The lowest BCUT2D eigenvalue weighted by atomic mass is 10.3. The standard InChI is InChI=1S/C14H15BrN6/c1-2-6-16-14-19-12(11-8-17-21-13(11)20-14)18-10-5-3-4-9(15)7-10/h3-5,7-8H,2,6H2,1H3,(H3,16,17,18,19,20,21). The van der Waals surface area contributed by atoms with Crippen LogP contribution < -0.4 is 10.6 Å². The van der Waals surface area contributed by atoms with Crippen LogP contribution in [-0.4, -0.2) is 26.7 Å². The van der Waals surface area contributed by atoms with Crippen molar-refractivity contribution < 1.29 is 0 Å². The second-order valence-corrected chi connectivity index (χ2v) is 5.51. The highest BCUT2D eigenvalue weighted by molar-refractivity contribution is 9.10. The molecule has 0 radical (unpaired) electrons. The number of hydrogen-bond donors (Lipinski definition) is 3. The fourth-order valence-corrected chi connectivity index (χ4v) is 2.35. The van der Waals surface area contributed by atoms with E-state index in [0.717, 1.165) is 34.3 Å². The Hall–Kier alpha value is -2.15. The number of nitrogens with zero attached hydrogens (tertiary/aromatic N) is 3. The molecule has 3 rings (SSSR count). The van der Waals surface area contributed by atoms with E-state index >= 15 is 0 Å². The Morgan fingerprint density at radius 2 is 2.19 bits per heavy atom. The molecule has 0 saturated heterocycles. The van der Waals surface area contributed by atoms with Crippen molar-refractivity contribution in [2.45, 2.75) is 13.3 Å². The van der Waals surface area contributed by atoms with Crippen molar-refractivity contribution in [2.24, 2.45) is 0 Å². The molecule has 2 aromatic heterocycles. The molecular formula is C14H15BrN6. The molecule has 0 aliphatic rings. The summed E-state index contributed by atoms with van der Waals surface area (Å²) in [6, 6.07) is 7.92. The average Bonchev–Trinajstić information content (AvgIpc) is 2.94. The SMILES string of the molecule is CCCNc1nc(Nc2cccc(Br)c2)c2cn[nH]c2n1. The van der Waals surface area contributed by atoms with Crippen LogP contribution in [0.5, 0.6) is 0 Å². The molecule has 0 aliphatic carbocycles. The minimum absolute atomic E-state index is 0.589. The van der Waals surface area contributed by atoms with E-state index in [1.54, 1.807) is 6.20 Å². The number of aromatic nitrogens is 4. The maximum absolute atomic E-state index is 4.53. The first-order valence-corrected chi connectivity index (χ1v) is 7.53. The van der Waals surface area contributed by atoms with Crippen LogP contribution >= 0.6 is 15.9 Å². The first-order chi connectivity index (χ1) is 10.3. The van der Waals surface area contributed by atoms with Gasteiger partial charge in [-0.05, 0) is 24.6 Å². The fraction of sp³-hybridized carbons (Fsp3) is 0.214. The van der Waals surface area contributed by atoms with Crippen LogP contribution in [0.25, 0.3) is 11.0 Å². The average molecular weight is 347 g/mol. The van der Waals surface area contributed by atoms with Gasteiger partial charge >= 0.3 is 0 Å². The number of benzene rings is 1. The molecule has 0 atom stereocenters. The Kier molecular flexibility index (Phi) is 4.01. The molecule has 1 aromatic carbocycles. The Morgan fingerprint density at radius 3 is 3.00 bits per heavy atom. The fourth-order valence-electron chi connectivity index (χ4n) is 1.95. The minimum Gasteiger partial charge on any atom is -0.354 e. The third-order valence-electron chi connectivity index (χ3n) is 2.93. The van der Waals surface area contributed by atoms with Crippen molar-refractivity contribution >= 4 is 44.4 Å². The van der Waals surface area contributed by atoms with Gasteiger partial charge in [-0.1, -0.05) is 28.9 Å². The van der Waals surface area contributed by atoms with E-state index in [-0.39, 0.29) is 0 Å². The zero-order chi connectivity index (χ0) is 14.7. The zero-order valence-corrected chi connectivity index (χ0v) is 13.1. The maximum atomic E-state index is 4.53. The number of nitrogens with one attached hydrogen (secondary N) is 3. The summed E-state index contributed by atoms with van der Waals surface area (Å²) < 4.78 is 1.01. The van der Waals surface area contributed by atoms with Gasteiger partial charge in [0, 0.05) is 16.7 Å². The Labute approximate surface area is 130 Å². The van der Waals surface area contributed by atoms with Gasteiger partial charge in [-0.3, -0.25) is 5.10 Å². The van der Waals surface area contributed by atoms with Crippen LogP contribution in [0.2, 0.25) is 0 Å². The molecule has 6 nitrogen and oxygen atoms in total. The summed E-state index contributed by atoms with van der Waals surface area (Å²) in [6.45, 7) is 2.93. The largest absolute Gasteiger partial charge is 0.354 e. The summed E-state index contributed by atoms with van der Waals surface area (Å²) in [5.41, 5.74) is 1.66. The molecule has 3 N–H and O–H groups in total. The molecule has 0 bridgehead atoms. The number of H-pyrrole nitrogens is 1. The van der Waals surface area contributed by atoms with Crippen LogP contribution in [0, 0.1) is 0 Å². The van der Waals surface area contributed by atoms with Gasteiger partial charge in [-0.25, -0.2) is 0 Å². The first kappa shape index (κ1) is 13.8. The number of rotatable bonds is 5. The van der Waals surface area contributed by atoms with Gasteiger partial charge in [0.25, 0.3) is 0 Å². The predicted molar refractivity (Wildman–Crippen MR) is 87.9 cm³/mol. The Morgan fingerprint density at radius 1 is 1.29 bits per heavy atom. The third kappa shape index (κ3) is 3.13. The Balaban J connectivity index is 1.97. The van der Waals surface area contributed by atoms with Crippen molar-refractivity contribution in [2.75, 3.05) is 17.2 Å². The van der Waals surface area contributed by atoms with E-state index in [2.05, 4.69) is 53.7 Å². The molecular weight excluding hydrogens is 332 g/mol. The topological polar surface area (TPSA) is 78.5 Å². The predicted octanol–water partition coefficient (Wildman–Crippen LogP) is 3.68. The number of fused-ring (bicyclic) bond motifs is 1. The molecule has 0 spiro atoms. The molecule has 0 amide bonds. The lowest BCUT2D eigenvalue weighted by Gasteiger charge is -2.09. The van der Waals surface area contributed by atoms with E-state index in [1.165, 1.54) is 0 Å². The first-order valence-electron chi connectivity index (χ1n) is 6.74. The van der Waals surface area contributed by atoms with Crippen molar-refractivity contribution in [3.63, 3.8) is 0 Å². The lowest BCUT2D eigenvalue weighted by Crippen LogP contribution is -2.06. The van der Waals surface area contributed by atoms with E-state index in [0.29, 0.717) is 11.6 Å². The lowest BCUT2D eigenvalue weighted by molar-refractivity contribution is 0.955. The van der Waals surface area contributed by atoms with Crippen LogP contribution in [-0.2, 0) is 0 Å². The van der Waals surface area contributed by atoms with Gasteiger partial charge in [0.1, 0.15) is 5.82 Å². The minimum atomic E-state index is 0.589. The van der Waals surface area contributed by atoms with Crippen LogP contribution in [0.15, 0.2) is 34.9 Å². The molecule has 0 unspecified atom stereocenters. The Bertz CT molecular complexity index is 754. The quantitative estimate of drug-likeness (QED) is 0.656. The molecule has 0 fully saturated rings. The highest BCUT2D eigenvalue weighted by atomic mass is 79.9. The second-order valence-electron chi connectivity index (χ2n) is 4.59. The summed E-state index contributed by atoms with van der Waals surface area (Å²) >= 11 is 3.46. The van der Waals surface area contributed by atoms with Crippen molar-refractivity contribution in [3.8, 4) is 0 Å². The van der Waals surface area contributed by atoms with Gasteiger partial charge in [0.15, 0.2) is 5.65 Å². The highest BCUT2D eigenvalue weighted by Gasteiger charge is 2.09. The van der Waals surface area contributed by atoms with E-state index in [9.17, 15) is 0 Å². The van der Waals surface area contributed by atoms with Gasteiger partial charge < -0.3 is 10.6 Å². The van der Waals surface area contributed by atoms with Crippen LogP contribution in [0.1, 0.15) is 13.3 Å². The summed E-state index contributed by atoms with van der Waals surface area (Å²) in [5.74, 6) is 1.32. The number of aromatic amines is 1. The molecule has 0 saturated carbocycles. The second kappa shape index (κ2) is 6.09. The van der Waals surface area contributed by atoms with E-state index in [1.807, 2.05) is 24.3 Å². The smallest absolute Gasteiger partial charge is 0.226 e. The molecule has 7 heteroatoms. The van der Waals surface area contributed by atoms with Crippen LogP contribution in [0.4, 0.5) is 17.5 Å². The maximum Gasteiger partial charge on any atom is 0.226 e. The van der Waals surface area contributed by atoms with Crippen LogP contribution in [0.3, 0.4) is 0 Å². The van der Waals surface area contributed by atoms with Crippen molar-refractivity contribution in [1.82, 2.24) is 20.2 Å². The molecule has 0 aliphatic heterocycles. The third-order valence-corrected chi connectivity index (χ3v) is 3.42. The zero-order valence-electron chi connectivity index (χ0n) is 11.5. The van der Waals surface area contributed by atoms with Crippen molar-refractivity contribution in [1.29, 1.82) is 0 Å². The van der Waals surface area contributed by atoms with Gasteiger partial charge in [-0.15, -0.1) is 0 Å².